The van der Waals surface area contributed by atoms with Crippen LogP contribution in [0.4, 0.5) is 8.78 Å². The van der Waals surface area contributed by atoms with E-state index in [2.05, 4.69) is 5.32 Å². The van der Waals surface area contributed by atoms with Crippen molar-refractivity contribution in [2.24, 2.45) is 0 Å². The van der Waals surface area contributed by atoms with Gasteiger partial charge in [-0.15, -0.1) is 0 Å². The molecule has 1 aromatic carbocycles. The lowest BCUT2D eigenvalue weighted by Gasteiger charge is -2.34. The van der Waals surface area contributed by atoms with Crippen LogP contribution in [0.15, 0.2) is 18.2 Å². The Balaban J connectivity index is 2.14. The number of carbonyl (C=O) groups is 1. The van der Waals surface area contributed by atoms with Crippen molar-refractivity contribution in [3.05, 3.63) is 35.4 Å². The van der Waals surface area contributed by atoms with E-state index in [1.165, 1.54) is 12.1 Å². The fourth-order valence-electron chi connectivity index (χ4n) is 2.05. The smallest absolute Gasteiger partial charge is 0.254 e. The van der Waals surface area contributed by atoms with Gasteiger partial charge in [-0.05, 0) is 31.9 Å². The first-order chi connectivity index (χ1) is 8.52. The first kappa shape index (κ1) is 13.0. The van der Waals surface area contributed by atoms with Crippen LogP contribution >= 0.6 is 0 Å². The third kappa shape index (κ3) is 2.67. The summed E-state index contributed by atoms with van der Waals surface area (Å²) in [7, 11) is 0. The van der Waals surface area contributed by atoms with E-state index in [1.54, 1.807) is 0 Å². The van der Waals surface area contributed by atoms with Gasteiger partial charge in [0.05, 0.1) is 17.7 Å². The molecular weight excluding hydrogens is 240 g/mol. The molecule has 0 saturated carbocycles. The van der Waals surface area contributed by atoms with Gasteiger partial charge in [0.25, 0.3) is 5.91 Å². The van der Waals surface area contributed by atoms with E-state index >= 15 is 0 Å². The molecule has 1 saturated heterocycles. The Bertz CT molecular complexity index is 456. The normalized spacial score (nSPS) is 23.7. The Morgan fingerprint density at radius 3 is 2.89 bits per heavy atom. The van der Waals surface area contributed by atoms with Gasteiger partial charge in [-0.2, -0.15) is 0 Å². The molecule has 1 aromatic rings. The number of hydrogen-bond acceptors (Lipinski definition) is 2. The number of carbonyl (C=O) groups excluding carboxylic acids is 1. The summed E-state index contributed by atoms with van der Waals surface area (Å²) in [5.74, 6) is -2.75. The van der Waals surface area contributed by atoms with Crippen LogP contribution in [-0.2, 0) is 4.74 Å². The Labute approximate surface area is 104 Å². The van der Waals surface area contributed by atoms with E-state index in [-0.39, 0.29) is 5.56 Å². The van der Waals surface area contributed by atoms with Crippen molar-refractivity contribution in [1.29, 1.82) is 0 Å². The Morgan fingerprint density at radius 2 is 2.22 bits per heavy atom. The van der Waals surface area contributed by atoms with Crippen molar-refractivity contribution in [1.82, 2.24) is 5.32 Å². The molecule has 1 atom stereocenters. The van der Waals surface area contributed by atoms with Crippen molar-refractivity contribution in [3.8, 4) is 0 Å². The van der Waals surface area contributed by atoms with E-state index in [0.29, 0.717) is 13.2 Å². The van der Waals surface area contributed by atoms with E-state index < -0.39 is 23.1 Å². The van der Waals surface area contributed by atoms with Gasteiger partial charge >= 0.3 is 0 Å². The van der Waals surface area contributed by atoms with Gasteiger partial charge in [0.2, 0.25) is 0 Å². The molecule has 2 rings (SSSR count). The molecule has 0 radical (unpaired) electrons. The standard InChI is InChI=1S/C13H15F2NO2/c1-13(6-3-7-18-8-13)16-12(17)9-4-2-5-10(14)11(9)15/h2,4-5H,3,6-8H2,1H3,(H,16,17). The summed E-state index contributed by atoms with van der Waals surface area (Å²) in [5.41, 5.74) is -0.796. The molecule has 1 unspecified atom stereocenters. The zero-order valence-corrected chi connectivity index (χ0v) is 10.1. The first-order valence-electron chi connectivity index (χ1n) is 5.86. The molecule has 98 valence electrons. The summed E-state index contributed by atoms with van der Waals surface area (Å²) in [6, 6.07) is 3.56. The quantitative estimate of drug-likeness (QED) is 0.880. The van der Waals surface area contributed by atoms with E-state index in [1.807, 2.05) is 6.92 Å². The largest absolute Gasteiger partial charge is 0.379 e. The van der Waals surface area contributed by atoms with Crippen LogP contribution in [0.3, 0.4) is 0 Å². The summed E-state index contributed by atoms with van der Waals surface area (Å²) < 4.78 is 31.8. The van der Waals surface area contributed by atoms with Crippen LogP contribution in [0.1, 0.15) is 30.1 Å². The minimum atomic E-state index is -1.12. The molecule has 1 N–H and O–H groups in total. The number of rotatable bonds is 2. The third-order valence-corrected chi connectivity index (χ3v) is 3.05. The maximum absolute atomic E-state index is 13.5. The van der Waals surface area contributed by atoms with Crippen molar-refractivity contribution in [2.75, 3.05) is 13.2 Å². The lowest BCUT2D eigenvalue weighted by atomic mass is 9.94. The monoisotopic (exact) mass is 255 g/mol. The lowest BCUT2D eigenvalue weighted by molar-refractivity contribution is 0.0271. The zero-order valence-electron chi connectivity index (χ0n) is 10.1. The number of hydrogen-bond donors (Lipinski definition) is 1. The predicted molar refractivity (Wildman–Crippen MR) is 62.3 cm³/mol. The lowest BCUT2D eigenvalue weighted by Crippen LogP contribution is -2.51. The number of amides is 1. The molecule has 1 aliphatic rings. The molecule has 1 amide bonds. The van der Waals surface area contributed by atoms with Crippen molar-refractivity contribution in [2.45, 2.75) is 25.3 Å². The van der Waals surface area contributed by atoms with E-state index in [9.17, 15) is 13.6 Å². The number of benzene rings is 1. The highest BCUT2D eigenvalue weighted by Crippen LogP contribution is 2.20. The van der Waals surface area contributed by atoms with Crippen LogP contribution in [0.25, 0.3) is 0 Å². The Hall–Kier alpha value is -1.49. The van der Waals surface area contributed by atoms with Crippen LogP contribution in [0.5, 0.6) is 0 Å². The zero-order chi connectivity index (χ0) is 13.2. The van der Waals surface area contributed by atoms with Crippen molar-refractivity contribution >= 4 is 5.91 Å². The molecule has 1 heterocycles. The number of ether oxygens (including phenoxy) is 1. The molecule has 5 heteroatoms. The maximum atomic E-state index is 13.5. The van der Waals surface area contributed by atoms with Crippen molar-refractivity contribution in [3.63, 3.8) is 0 Å². The molecule has 0 bridgehead atoms. The fourth-order valence-corrected chi connectivity index (χ4v) is 2.05. The molecule has 3 nitrogen and oxygen atoms in total. The molecule has 1 fully saturated rings. The van der Waals surface area contributed by atoms with Crippen molar-refractivity contribution < 1.29 is 18.3 Å². The van der Waals surface area contributed by atoms with Gasteiger partial charge in [-0.25, -0.2) is 8.78 Å². The van der Waals surface area contributed by atoms with E-state index in [0.717, 1.165) is 18.9 Å². The highest BCUT2D eigenvalue weighted by Gasteiger charge is 2.30. The fraction of sp³-hybridized carbons (Fsp3) is 0.462. The van der Waals surface area contributed by atoms with Gasteiger partial charge in [0.15, 0.2) is 11.6 Å². The predicted octanol–water partition coefficient (Wildman–Crippen LogP) is 2.26. The summed E-state index contributed by atoms with van der Waals surface area (Å²) in [4.78, 5) is 11.9. The minimum Gasteiger partial charge on any atom is -0.379 e. The average Bonchev–Trinajstić information content (AvgIpc) is 2.33. The summed E-state index contributed by atoms with van der Waals surface area (Å²) in [6.07, 6.45) is 1.60. The highest BCUT2D eigenvalue weighted by molar-refractivity contribution is 5.95. The van der Waals surface area contributed by atoms with Crippen LogP contribution in [0, 0.1) is 11.6 Å². The Kier molecular flexibility index (Phi) is 3.61. The third-order valence-electron chi connectivity index (χ3n) is 3.05. The average molecular weight is 255 g/mol. The maximum Gasteiger partial charge on any atom is 0.254 e. The number of halogens is 2. The molecule has 0 spiro atoms. The summed E-state index contributed by atoms with van der Waals surface area (Å²) in [5, 5.41) is 2.71. The molecule has 0 aromatic heterocycles. The minimum absolute atomic E-state index is 0.276. The van der Waals surface area contributed by atoms with Crippen LogP contribution in [-0.4, -0.2) is 24.7 Å². The van der Waals surface area contributed by atoms with Gasteiger partial charge in [0.1, 0.15) is 0 Å². The second-order valence-electron chi connectivity index (χ2n) is 4.77. The van der Waals surface area contributed by atoms with Crippen LogP contribution in [0.2, 0.25) is 0 Å². The second kappa shape index (κ2) is 5.02. The van der Waals surface area contributed by atoms with E-state index in [4.69, 9.17) is 4.74 Å². The van der Waals surface area contributed by atoms with Crippen LogP contribution < -0.4 is 5.32 Å². The second-order valence-corrected chi connectivity index (χ2v) is 4.77. The SMILES string of the molecule is CC1(NC(=O)c2cccc(F)c2F)CCCOC1. The topological polar surface area (TPSA) is 38.3 Å². The van der Waals surface area contributed by atoms with Gasteiger partial charge in [-0.1, -0.05) is 6.07 Å². The first-order valence-corrected chi connectivity index (χ1v) is 5.86. The van der Waals surface area contributed by atoms with Gasteiger partial charge < -0.3 is 10.1 Å². The van der Waals surface area contributed by atoms with Gasteiger partial charge in [0, 0.05) is 6.61 Å². The molecule has 1 aliphatic heterocycles. The summed E-state index contributed by atoms with van der Waals surface area (Å²) >= 11 is 0. The number of nitrogens with one attached hydrogen (secondary N) is 1. The van der Waals surface area contributed by atoms with Gasteiger partial charge in [-0.3, -0.25) is 4.79 Å². The molecular formula is C13H15F2NO2. The molecule has 0 aliphatic carbocycles. The molecule has 18 heavy (non-hydrogen) atoms. The summed E-state index contributed by atoms with van der Waals surface area (Å²) in [6.45, 7) is 2.89. The highest BCUT2D eigenvalue weighted by atomic mass is 19.2. The Morgan fingerprint density at radius 1 is 1.44 bits per heavy atom.